The zero-order valence-corrected chi connectivity index (χ0v) is 6.32. The molecule has 0 aliphatic carbocycles. The molecule has 0 amide bonds. The van der Waals surface area contributed by atoms with Crippen LogP contribution in [-0.4, -0.2) is 18.1 Å². The average molecular weight is 146 g/mol. The fraction of sp³-hybridized carbons (Fsp3) is 0.857. The Morgan fingerprint density at radius 3 is 3.00 bits per heavy atom. The highest BCUT2D eigenvalue weighted by Gasteiger charge is 2.03. The largest absolute Gasteiger partial charge is 0.294 e. The average Bonchev–Trinajstić information content (AvgIpc) is 2.34. The third-order valence-electron chi connectivity index (χ3n) is 1.56. The van der Waals surface area contributed by atoms with Gasteiger partial charge in [-0.1, -0.05) is 0 Å². The third-order valence-corrected chi connectivity index (χ3v) is 1.83. The number of rotatable bonds is 3. The van der Waals surface area contributed by atoms with Gasteiger partial charge in [-0.15, -0.1) is 11.6 Å². The molecule has 0 saturated carbocycles. The van der Waals surface area contributed by atoms with E-state index in [1.165, 1.54) is 18.6 Å². The van der Waals surface area contributed by atoms with Crippen molar-refractivity contribution in [3.05, 3.63) is 0 Å². The molecule has 1 heterocycles. The summed E-state index contributed by atoms with van der Waals surface area (Å²) in [5.74, 6) is 0.777. The number of aliphatic imine (C=N–C) groups is 1. The van der Waals surface area contributed by atoms with E-state index in [0.29, 0.717) is 0 Å². The summed E-state index contributed by atoms with van der Waals surface area (Å²) in [5, 5.41) is 0. The second-order valence-corrected chi connectivity index (χ2v) is 2.72. The van der Waals surface area contributed by atoms with Crippen molar-refractivity contribution in [1.29, 1.82) is 0 Å². The lowest BCUT2D eigenvalue weighted by Gasteiger charge is -1.93. The van der Waals surface area contributed by atoms with Crippen LogP contribution in [0, 0.1) is 0 Å². The van der Waals surface area contributed by atoms with Crippen molar-refractivity contribution in [1.82, 2.24) is 0 Å². The Bertz CT molecular complexity index is 109. The SMILES string of the molecule is ClCCCC1=NCCC1. The van der Waals surface area contributed by atoms with E-state index >= 15 is 0 Å². The first-order chi connectivity index (χ1) is 4.43. The van der Waals surface area contributed by atoms with Gasteiger partial charge in [0, 0.05) is 18.1 Å². The van der Waals surface area contributed by atoms with E-state index in [0.717, 1.165) is 25.3 Å². The summed E-state index contributed by atoms with van der Waals surface area (Å²) in [6.45, 7) is 1.05. The summed E-state index contributed by atoms with van der Waals surface area (Å²) >= 11 is 5.52. The molecule has 0 spiro atoms. The minimum atomic E-state index is 0.777. The normalized spacial score (nSPS) is 18.1. The summed E-state index contributed by atoms with van der Waals surface area (Å²) in [7, 11) is 0. The van der Waals surface area contributed by atoms with Gasteiger partial charge in [-0.3, -0.25) is 4.99 Å². The van der Waals surface area contributed by atoms with Crippen LogP contribution in [0.3, 0.4) is 0 Å². The van der Waals surface area contributed by atoms with Crippen molar-refractivity contribution >= 4 is 17.3 Å². The smallest absolute Gasteiger partial charge is 0.0392 e. The van der Waals surface area contributed by atoms with Gasteiger partial charge in [-0.2, -0.15) is 0 Å². The van der Waals surface area contributed by atoms with Crippen molar-refractivity contribution in [2.75, 3.05) is 12.4 Å². The summed E-state index contributed by atoms with van der Waals surface area (Å²) in [4.78, 5) is 4.33. The fourth-order valence-corrected chi connectivity index (χ4v) is 1.21. The molecule has 0 bridgehead atoms. The van der Waals surface area contributed by atoms with Crippen LogP contribution in [-0.2, 0) is 0 Å². The second kappa shape index (κ2) is 3.89. The zero-order chi connectivity index (χ0) is 6.53. The van der Waals surface area contributed by atoms with Crippen molar-refractivity contribution in [3.63, 3.8) is 0 Å². The molecular weight excluding hydrogens is 134 g/mol. The maximum absolute atomic E-state index is 5.52. The standard InChI is InChI=1S/C7H12ClN/c8-5-1-3-7-4-2-6-9-7/h1-6H2. The fourth-order valence-electron chi connectivity index (χ4n) is 1.07. The maximum atomic E-state index is 5.52. The Balaban J connectivity index is 2.11. The second-order valence-electron chi connectivity index (χ2n) is 2.34. The number of hydrogen-bond donors (Lipinski definition) is 0. The first kappa shape index (κ1) is 7.07. The lowest BCUT2D eigenvalue weighted by molar-refractivity contribution is 0.938. The molecule has 1 rings (SSSR count). The lowest BCUT2D eigenvalue weighted by atomic mass is 10.2. The van der Waals surface area contributed by atoms with Gasteiger partial charge in [0.2, 0.25) is 0 Å². The molecule has 9 heavy (non-hydrogen) atoms. The van der Waals surface area contributed by atoms with Gasteiger partial charge in [0.05, 0.1) is 0 Å². The van der Waals surface area contributed by atoms with Gasteiger partial charge < -0.3 is 0 Å². The number of alkyl halides is 1. The highest BCUT2D eigenvalue weighted by Crippen LogP contribution is 2.08. The molecule has 0 unspecified atom stereocenters. The molecule has 0 atom stereocenters. The van der Waals surface area contributed by atoms with Crippen LogP contribution in [0.25, 0.3) is 0 Å². The van der Waals surface area contributed by atoms with Crippen molar-refractivity contribution in [3.8, 4) is 0 Å². The number of nitrogens with zero attached hydrogens (tertiary/aromatic N) is 1. The van der Waals surface area contributed by atoms with Gasteiger partial charge in [-0.25, -0.2) is 0 Å². The van der Waals surface area contributed by atoms with E-state index in [1.54, 1.807) is 0 Å². The molecule has 0 aromatic rings. The number of halogens is 1. The predicted molar refractivity (Wildman–Crippen MR) is 41.5 cm³/mol. The van der Waals surface area contributed by atoms with E-state index in [9.17, 15) is 0 Å². The number of hydrogen-bond acceptors (Lipinski definition) is 1. The van der Waals surface area contributed by atoms with Crippen LogP contribution in [0.4, 0.5) is 0 Å². The van der Waals surface area contributed by atoms with Gasteiger partial charge >= 0.3 is 0 Å². The first-order valence-corrected chi connectivity index (χ1v) is 4.05. The minimum Gasteiger partial charge on any atom is -0.294 e. The Labute approximate surface area is 61.1 Å². The Kier molecular flexibility index (Phi) is 3.05. The van der Waals surface area contributed by atoms with Crippen LogP contribution >= 0.6 is 11.6 Å². The van der Waals surface area contributed by atoms with E-state index in [2.05, 4.69) is 4.99 Å². The molecule has 0 radical (unpaired) electrons. The van der Waals surface area contributed by atoms with Crippen molar-refractivity contribution < 1.29 is 0 Å². The molecule has 52 valence electrons. The Hall–Kier alpha value is -0.0400. The van der Waals surface area contributed by atoms with E-state index < -0.39 is 0 Å². The molecule has 1 aliphatic heterocycles. The van der Waals surface area contributed by atoms with Gasteiger partial charge in [-0.05, 0) is 25.7 Å². The Morgan fingerprint density at radius 2 is 2.44 bits per heavy atom. The van der Waals surface area contributed by atoms with Crippen LogP contribution in [0.5, 0.6) is 0 Å². The van der Waals surface area contributed by atoms with Crippen LogP contribution < -0.4 is 0 Å². The van der Waals surface area contributed by atoms with Gasteiger partial charge in [0.25, 0.3) is 0 Å². The third kappa shape index (κ3) is 2.35. The molecular formula is C7H12ClN. The monoisotopic (exact) mass is 145 g/mol. The minimum absolute atomic E-state index is 0.777. The van der Waals surface area contributed by atoms with E-state index in [-0.39, 0.29) is 0 Å². The van der Waals surface area contributed by atoms with Gasteiger partial charge in [0.15, 0.2) is 0 Å². The lowest BCUT2D eigenvalue weighted by Crippen LogP contribution is -1.92. The molecule has 0 N–H and O–H groups in total. The van der Waals surface area contributed by atoms with Gasteiger partial charge in [0.1, 0.15) is 0 Å². The topological polar surface area (TPSA) is 12.4 Å². The van der Waals surface area contributed by atoms with E-state index in [4.69, 9.17) is 11.6 Å². The first-order valence-electron chi connectivity index (χ1n) is 3.51. The van der Waals surface area contributed by atoms with Crippen LogP contribution in [0.15, 0.2) is 4.99 Å². The molecule has 1 nitrogen and oxygen atoms in total. The van der Waals surface area contributed by atoms with Crippen molar-refractivity contribution in [2.45, 2.75) is 25.7 Å². The molecule has 1 aliphatic rings. The highest BCUT2D eigenvalue weighted by molar-refractivity contribution is 6.17. The maximum Gasteiger partial charge on any atom is 0.0392 e. The summed E-state index contributed by atoms with van der Waals surface area (Å²) in [5.41, 5.74) is 1.38. The molecule has 0 fully saturated rings. The molecule has 2 heteroatoms. The van der Waals surface area contributed by atoms with Crippen molar-refractivity contribution in [2.24, 2.45) is 4.99 Å². The molecule has 0 aromatic heterocycles. The summed E-state index contributed by atoms with van der Waals surface area (Å²) < 4.78 is 0. The van der Waals surface area contributed by atoms with Crippen LogP contribution in [0.1, 0.15) is 25.7 Å². The predicted octanol–water partition coefficient (Wildman–Crippen LogP) is 2.24. The summed E-state index contributed by atoms with van der Waals surface area (Å²) in [6, 6.07) is 0. The molecule has 0 aromatic carbocycles. The quantitative estimate of drug-likeness (QED) is 0.541. The zero-order valence-electron chi connectivity index (χ0n) is 5.57. The highest BCUT2D eigenvalue weighted by atomic mass is 35.5. The Morgan fingerprint density at radius 1 is 1.56 bits per heavy atom. The molecule has 0 saturated heterocycles. The van der Waals surface area contributed by atoms with E-state index in [1.807, 2.05) is 0 Å². The summed E-state index contributed by atoms with van der Waals surface area (Å²) in [6.07, 6.45) is 4.71. The van der Waals surface area contributed by atoms with Crippen LogP contribution in [0.2, 0.25) is 0 Å².